The smallest absolute Gasteiger partial charge is 0.404 e. The van der Waals surface area contributed by atoms with Crippen molar-refractivity contribution in [3.8, 4) is 0 Å². The number of hydrogen-bond donors (Lipinski definition) is 3. The second kappa shape index (κ2) is 6.85. The van der Waals surface area contributed by atoms with E-state index in [4.69, 9.17) is 5.11 Å². The molecule has 0 aliphatic rings. The first-order valence-corrected chi connectivity index (χ1v) is 6.00. The van der Waals surface area contributed by atoms with Crippen LogP contribution in [0, 0.1) is 10.1 Å². The Morgan fingerprint density at radius 1 is 1.44 bits per heavy atom. The predicted octanol–water partition coefficient (Wildman–Crippen LogP) is 2.09. The lowest BCUT2D eigenvalue weighted by atomic mass is 10.0. The lowest BCUT2D eigenvalue weighted by Crippen LogP contribution is -2.35. The minimum absolute atomic E-state index is 0.0238. The molecule has 0 bridgehead atoms. The van der Waals surface area contributed by atoms with E-state index in [2.05, 4.69) is 17.9 Å². The van der Waals surface area contributed by atoms with Crippen molar-refractivity contribution in [3.63, 3.8) is 0 Å². The highest BCUT2D eigenvalue weighted by molar-refractivity contribution is 7.80. The Bertz CT molecular complexity index is 422. The second-order valence-electron chi connectivity index (χ2n) is 3.79. The molecule has 1 rings (SSSR count). The highest BCUT2D eigenvalue weighted by Gasteiger charge is 2.12. The van der Waals surface area contributed by atoms with Gasteiger partial charge in [0.05, 0.1) is 4.92 Å². The van der Waals surface area contributed by atoms with Crippen LogP contribution in [0.1, 0.15) is 12.0 Å². The van der Waals surface area contributed by atoms with E-state index in [0.717, 1.165) is 5.56 Å². The van der Waals surface area contributed by atoms with Gasteiger partial charge in [-0.3, -0.25) is 10.1 Å². The summed E-state index contributed by atoms with van der Waals surface area (Å²) >= 11 is 4.07. The van der Waals surface area contributed by atoms with Crippen LogP contribution >= 0.6 is 12.6 Å². The third-order valence-electron chi connectivity index (χ3n) is 2.43. The fraction of sp³-hybridized carbons (Fsp3) is 0.364. The van der Waals surface area contributed by atoms with E-state index >= 15 is 0 Å². The lowest BCUT2D eigenvalue weighted by molar-refractivity contribution is -0.384. The zero-order valence-corrected chi connectivity index (χ0v) is 10.5. The number of carboxylic acid groups (broad SMARTS) is 1. The summed E-state index contributed by atoms with van der Waals surface area (Å²) in [6.07, 6.45) is 0.0146. The lowest BCUT2D eigenvalue weighted by Gasteiger charge is -2.15. The molecule has 0 saturated carbocycles. The van der Waals surface area contributed by atoms with Crippen LogP contribution in [0.15, 0.2) is 24.3 Å². The van der Waals surface area contributed by atoms with E-state index in [0.29, 0.717) is 18.6 Å². The van der Waals surface area contributed by atoms with Gasteiger partial charge in [0.25, 0.3) is 5.69 Å². The molecule has 0 aromatic heterocycles. The summed E-state index contributed by atoms with van der Waals surface area (Å²) in [5.41, 5.74) is 0.872. The first-order valence-electron chi connectivity index (χ1n) is 5.36. The molecule has 0 aliphatic carbocycles. The van der Waals surface area contributed by atoms with Crippen molar-refractivity contribution in [3.05, 3.63) is 39.9 Å². The average Bonchev–Trinajstić information content (AvgIpc) is 2.29. The van der Waals surface area contributed by atoms with Gasteiger partial charge >= 0.3 is 6.09 Å². The van der Waals surface area contributed by atoms with E-state index in [-0.39, 0.29) is 11.7 Å². The molecule has 0 aliphatic heterocycles. The standard InChI is InChI=1S/C11H14N2O4S/c14-11(15)12-9(5-6-18)7-8-1-3-10(4-2-8)13(16)17/h1-4,9,12,18H,5-7H2,(H,14,15). The fourth-order valence-corrected chi connectivity index (χ4v) is 1.91. The normalized spacial score (nSPS) is 11.8. The minimum Gasteiger partial charge on any atom is -0.465 e. The number of nitro groups is 1. The quantitative estimate of drug-likeness (QED) is 0.419. The molecule has 0 radical (unpaired) electrons. The summed E-state index contributed by atoms with van der Waals surface area (Å²) in [4.78, 5) is 20.6. The number of nitrogens with one attached hydrogen (secondary N) is 1. The third kappa shape index (κ3) is 4.62. The minimum atomic E-state index is -1.08. The number of hydrogen-bond acceptors (Lipinski definition) is 4. The summed E-state index contributed by atoms with van der Waals surface area (Å²) in [5.74, 6) is 0.567. The molecule has 1 aromatic carbocycles. The van der Waals surface area contributed by atoms with E-state index < -0.39 is 11.0 Å². The Hall–Kier alpha value is -1.76. The van der Waals surface area contributed by atoms with Crippen LogP contribution in [0.3, 0.4) is 0 Å². The number of thiol groups is 1. The van der Waals surface area contributed by atoms with E-state index in [1.165, 1.54) is 12.1 Å². The molecule has 1 atom stereocenters. The Labute approximate surface area is 110 Å². The van der Waals surface area contributed by atoms with Gasteiger partial charge < -0.3 is 10.4 Å². The molecular formula is C11H14N2O4S. The van der Waals surface area contributed by atoms with Gasteiger partial charge in [0.15, 0.2) is 0 Å². The highest BCUT2D eigenvalue weighted by Crippen LogP contribution is 2.14. The fourth-order valence-electron chi connectivity index (χ4n) is 1.59. The monoisotopic (exact) mass is 270 g/mol. The van der Waals surface area contributed by atoms with Crippen molar-refractivity contribution >= 4 is 24.4 Å². The first kappa shape index (κ1) is 14.3. The molecule has 0 fully saturated rings. The third-order valence-corrected chi connectivity index (χ3v) is 2.69. The highest BCUT2D eigenvalue weighted by atomic mass is 32.1. The predicted molar refractivity (Wildman–Crippen MR) is 70.2 cm³/mol. The molecule has 1 unspecified atom stereocenters. The summed E-state index contributed by atoms with van der Waals surface area (Å²) in [6.45, 7) is 0. The molecule has 2 N–H and O–H groups in total. The van der Waals surface area contributed by atoms with Gasteiger partial charge in [-0.1, -0.05) is 12.1 Å². The first-order chi connectivity index (χ1) is 8.52. The van der Waals surface area contributed by atoms with Crippen LogP contribution in [0.4, 0.5) is 10.5 Å². The number of benzene rings is 1. The van der Waals surface area contributed by atoms with Crippen molar-refractivity contribution in [1.29, 1.82) is 0 Å². The number of nitro benzene ring substituents is 1. The molecule has 0 heterocycles. The van der Waals surface area contributed by atoms with Gasteiger partial charge in [0.1, 0.15) is 0 Å². The molecule has 18 heavy (non-hydrogen) atoms. The van der Waals surface area contributed by atoms with Crippen LogP contribution in [0.2, 0.25) is 0 Å². The molecular weight excluding hydrogens is 256 g/mol. The van der Waals surface area contributed by atoms with Crippen molar-refractivity contribution in [2.45, 2.75) is 18.9 Å². The van der Waals surface area contributed by atoms with Crippen LogP contribution in [-0.4, -0.2) is 27.9 Å². The van der Waals surface area contributed by atoms with Gasteiger partial charge in [-0.2, -0.15) is 12.6 Å². The molecule has 7 heteroatoms. The zero-order valence-electron chi connectivity index (χ0n) is 9.57. The summed E-state index contributed by atoms with van der Waals surface area (Å²) in [7, 11) is 0. The van der Waals surface area contributed by atoms with Crippen LogP contribution in [-0.2, 0) is 6.42 Å². The maximum atomic E-state index is 10.6. The van der Waals surface area contributed by atoms with E-state index in [1.54, 1.807) is 12.1 Å². The number of non-ortho nitro benzene ring substituents is 1. The van der Waals surface area contributed by atoms with Crippen LogP contribution in [0.25, 0.3) is 0 Å². The van der Waals surface area contributed by atoms with Crippen molar-refractivity contribution in [2.75, 3.05) is 5.75 Å². The van der Waals surface area contributed by atoms with Gasteiger partial charge in [0.2, 0.25) is 0 Å². The van der Waals surface area contributed by atoms with Crippen molar-refractivity contribution < 1.29 is 14.8 Å². The van der Waals surface area contributed by atoms with Gasteiger partial charge in [0, 0.05) is 18.2 Å². The Balaban J connectivity index is 2.68. The Morgan fingerprint density at radius 2 is 2.06 bits per heavy atom. The van der Waals surface area contributed by atoms with E-state index in [1.807, 2.05) is 0 Å². The second-order valence-corrected chi connectivity index (χ2v) is 4.23. The Kier molecular flexibility index (Phi) is 5.44. The molecule has 1 aromatic rings. The maximum Gasteiger partial charge on any atom is 0.404 e. The van der Waals surface area contributed by atoms with E-state index in [9.17, 15) is 14.9 Å². The van der Waals surface area contributed by atoms with Crippen molar-refractivity contribution in [1.82, 2.24) is 5.32 Å². The molecule has 0 saturated heterocycles. The number of nitrogens with zero attached hydrogens (tertiary/aromatic N) is 1. The SMILES string of the molecule is O=C(O)NC(CCS)Cc1ccc([N+](=O)[O-])cc1. The summed E-state index contributed by atoms with van der Waals surface area (Å²) in [5, 5.41) is 21.6. The largest absolute Gasteiger partial charge is 0.465 e. The molecule has 0 spiro atoms. The van der Waals surface area contributed by atoms with Gasteiger partial charge in [-0.05, 0) is 24.2 Å². The van der Waals surface area contributed by atoms with Crippen LogP contribution < -0.4 is 5.32 Å². The summed E-state index contributed by atoms with van der Waals surface area (Å²) in [6, 6.07) is 5.85. The average molecular weight is 270 g/mol. The topological polar surface area (TPSA) is 92.5 Å². The number of rotatable bonds is 6. The molecule has 6 nitrogen and oxygen atoms in total. The van der Waals surface area contributed by atoms with Gasteiger partial charge in [-0.25, -0.2) is 4.79 Å². The van der Waals surface area contributed by atoms with Gasteiger partial charge in [-0.15, -0.1) is 0 Å². The molecule has 98 valence electrons. The van der Waals surface area contributed by atoms with Crippen LogP contribution in [0.5, 0.6) is 0 Å². The molecule has 1 amide bonds. The summed E-state index contributed by atoms with van der Waals surface area (Å²) < 4.78 is 0. The number of amides is 1. The Morgan fingerprint density at radius 3 is 2.50 bits per heavy atom. The zero-order chi connectivity index (χ0) is 13.5. The maximum absolute atomic E-state index is 10.6. The number of carbonyl (C=O) groups is 1. The van der Waals surface area contributed by atoms with Crippen molar-refractivity contribution in [2.24, 2.45) is 0 Å².